The average molecular weight is 516 g/mol. The van der Waals surface area contributed by atoms with E-state index in [1.54, 1.807) is 30.3 Å². The van der Waals surface area contributed by atoms with Gasteiger partial charge in [0.25, 0.3) is 11.8 Å². The second-order valence-electron chi connectivity index (χ2n) is 7.79. The number of fused-ring (bicyclic) bond motifs is 1. The summed E-state index contributed by atoms with van der Waals surface area (Å²) in [5.41, 5.74) is 5.23. The predicted octanol–water partition coefficient (Wildman–Crippen LogP) is 4.01. The minimum absolute atomic E-state index is 0.0633. The van der Waals surface area contributed by atoms with Gasteiger partial charge < -0.3 is 14.2 Å². The molecule has 4 rings (SSSR count). The number of hydrogen-bond acceptors (Lipinski definition) is 6. The van der Waals surface area contributed by atoms with Crippen LogP contribution in [-0.2, 0) is 4.79 Å². The second-order valence-corrected chi connectivity index (χ2v) is 8.20. The lowest BCUT2D eigenvalue weighted by atomic mass is 10.1. The summed E-state index contributed by atoms with van der Waals surface area (Å²) in [4.78, 5) is 24.6. The zero-order valence-corrected chi connectivity index (χ0v) is 20.6. The molecule has 3 N–H and O–H groups in total. The molecule has 0 fully saturated rings. The molecule has 0 saturated heterocycles. The first-order chi connectivity index (χ1) is 18.1. The molecule has 0 aliphatic carbocycles. The normalized spacial score (nSPS) is 10.3. The second kappa shape index (κ2) is 12.9. The Hall–Kier alpha value is -4.63. The Balaban J connectivity index is 1.17. The standard InChI is InChI=1S/C28H25N3O5S/c32-26(19-36-25-14-13-20-7-4-5-8-21(20)17-25)30-31-28(37)29-27(33)22-9-6-12-24(18-22)35-16-15-34-23-10-2-1-3-11-23/h1-14,17-18H,15-16,19H2,(H,30,32)(H2,29,31,33,37). The number of carbonyl (C=O) groups is 2. The first kappa shape index (κ1) is 25.5. The van der Waals surface area contributed by atoms with Gasteiger partial charge in [0, 0.05) is 5.56 Å². The third kappa shape index (κ3) is 7.94. The molecular formula is C28H25N3O5S. The van der Waals surface area contributed by atoms with Gasteiger partial charge in [-0.25, -0.2) is 0 Å². The van der Waals surface area contributed by atoms with E-state index in [1.807, 2.05) is 66.7 Å². The largest absolute Gasteiger partial charge is 0.490 e. The number of hydrogen-bond donors (Lipinski definition) is 3. The molecule has 0 saturated carbocycles. The number of hydrazine groups is 1. The molecule has 0 spiro atoms. The monoisotopic (exact) mass is 515 g/mol. The van der Waals surface area contributed by atoms with Crippen LogP contribution in [0.25, 0.3) is 10.8 Å². The van der Waals surface area contributed by atoms with Crippen LogP contribution in [0.1, 0.15) is 10.4 Å². The van der Waals surface area contributed by atoms with Gasteiger partial charge >= 0.3 is 0 Å². The number of para-hydroxylation sites is 1. The van der Waals surface area contributed by atoms with Crippen molar-refractivity contribution in [2.24, 2.45) is 0 Å². The quantitative estimate of drug-likeness (QED) is 0.176. The number of nitrogens with one attached hydrogen (secondary N) is 3. The van der Waals surface area contributed by atoms with Gasteiger partial charge in [-0.3, -0.25) is 25.8 Å². The van der Waals surface area contributed by atoms with Crippen LogP contribution in [0.3, 0.4) is 0 Å². The van der Waals surface area contributed by atoms with Crippen molar-refractivity contribution >= 4 is 39.9 Å². The molecule has 9 heteroatoms. The van der Waals surface area contributed by atoms with Gasteiger partial charge in [-0.1, -0.05) is 54.6 Å². The fourth-order valence-corrected chi connectivity index (χ4v) is 3.48. The van der Waals surface area contributed by atoms with E-state index in [4.69, 9.17) is 26.4 Å². The van der Waals surface area contributed by atoms with Crippen LogP contribution in [0.15, 0.2) is 97.1 Å². The van der Waals surface area contributed by atoms with E-state index >= 15 is 0 Å². The highest BCUT2D eigenvalue weighted by Gasteiger charge is 2.10. The van der Waals surface area contributed by atoms with E-state index in [9.17, 15) is 9.59 Å². The number of amides is 2. The molecule has 8 nitrogen and oxygen atoms in total. The molecular weight excluding hydrogens is 490 g/mol. The number of carbonyl (C=O) groups excluding carboxylic acids is 2. The van der Waals surface area contributed by atoms with Crippen molar-refractivity contribution < 1.29 is 23.8 Å². The molecule has 0 bridgehead atoms. The summed E-state index contributed by atoms with van der Waals surface area (Å²) >= 11 is 5.10. The van der Waals surface area contributed by atoms with Gasteiger partial charge in [0.15, 0.2) is 11.7 Å². The molecule has 4 aromatic carbocycles. The number of benzene rings is 4. The van der Waals surface area contributed by atoms with E-state index < -0.39 is 11.8 Å². The molecule has 0 unspecified atom stereocenters. The molecule has 188 valence electrons. The van der Waals surface area contributed by atoms with E-state index in [0.717, 1.165) is 16.5 Å². The first-order valence-electron chi connectivity index (χ1n) is 11.5. The van der Waals surface area contributed by atoms with E-state index in [2.05, 4.69) is 16.2 Å². The van der Waals surface area contributed by atoms with Crippen molar-refractivity contribution in [3.63, 3.8) is 0 Å². The SMILES string of the molecule is O=C(COc1ccc2ccccc2c1)NNC(=S)NC(=O)c1cccc(OCCOc2ccccc2)c1. The zero-order valence-electron chi connectivity index (χ0n) is 19.8. The predicted molar refractivity (Wildman–Crippen MR) is 145 cm³/mol. The fraction of sp³-hybridized carbons (Fsp3) is 0.107. The van der Waals surface area contributed by atoms with E-state index in [-0.39, 0.29) is 11.7 Å². The number of rotatable bonds is 9. The van der Waals surface area contributed by atoms with Crippen LogP contribution in [-0.4, -0.2) is 36.7 Å². The summed E-state index contributed by atoms with van der Waals surface area (Å²) < 4.78 is 16.8. The highest BCUT2D eigenvalue weighted by atomic mass is 32.1. The minimum Gasteiger partial charge on any atom is -0.490 e. The third-order valence-electron chi connectivity index (χ3n) is 5.09. The lowest BCUT2D eigenvalue weighted by molar-refractivity contribution is -0.123. The van der Waals surface area contributed by atoms with Crippen molar-refractivity contribution in [1.82, 2.24) is 16.2 Å². The lowest BCUT2D eigenvalue weighted by Gasteiger charge is -2.12. The third-order valence-corrected chi connectivity index (χ3v) is 5.30. The Morgan fingerprint density at radius 2 is 1.32 bits per heavy atom. The summed E-state index contributed by atoms with van der Waals surface area (Å²) in [6.07, 6.45) is 0. The highest BCUT2D eigenvalue weighted by Crippen LogP contribution is 2.20. The number of thiocarbonyl (C=S) groups is 1. The summed E-state index contributed by atoms with van der Waals surface area (Å²) in [6.45, 7) is 0.446. The molecule has 0 aliphatic rings. The summed E-state index contributed by atoms with van der Waals surface area (Å²) in [5.74, 6) is 0.927. The first-order valence-corrected chi connectivity index (χ1v) is 11.9. The smallest absolute Gasteiger partial charge is 0.276 e. The maximum Gasteiger partial charge on any atom is 0.276 e. The molecule has 0 aromatic heterocycles. The van der Waals surface area contributed by atoms with E-state index in [1.165, 1.54) is 0 Å². The maximum atomic E-state index is 12.5. The number of ether oxygens (including phenoxy) is 3. The van der Waals surface area contributed by atoms with E-state index in [0.29, 0.717) is 30.3 Å². The Morgan fingerprint density at radius 3 is 2.14 bits per heavy atom. The van der Waals surface area contributed by atoms with Crippen LogP contribution in [0.5, 0.6) is 17.2 Å². The summed E-state index contributed by atoms with van der Waals surface area (Å²) in [5, 5.41) is 4.54. The van der Waals surface area contributed by atoms with Gasteiger partial charge in [-0.15, -0.1) is 0 Å². The topological polar surface area (TPSA) is 97.9 Å². The van der Waals surface area contributed by atoms with Crippen molar-refractivity contribution in [3.8, 4) is 17.2 Å². The van der Waals surface area contributed by atoms with Crippen molar-refractivity contribution in [1.29, 1.82) is 0 Å². The molecule has 0 heterocycles. The van der Waals surface area contributed by atoms with Crippen molar-refractivity contribution in [3.05, 3.63) is 103 Å². The zero-order chi connectivity index (χ0) is 25.9. The average Bonchev–Trinajstić information content (AvgIpc) is 2.93. The van der Waals surface area contributed by atoms with Gasteiger partial charge in [-0.2, -0.15) is 0 Å². The summed E-state index contributed by atoms with van der Waals surface area (Å²) in [6, 6.07) is 29.5. The van der Waals surface area contributed by atoms with Gasteiger partial charge in [0.2, 0.25) is 0 Å². The van der Waals surface area contributed by atoms with Crippen molar-refractivity contribution in [2.45, 2.75) is 0 Å². The Bertz CT molecular complexity index is 1380. The van der Waals surface area contributed by atoms with Gasteiger partial charge in [0.05, 0.1) is 0 Å². The van der Waals surface area contributed by atoms with Crippen LogP contribution in [0.4, 0.5) is 0 Å². The highest BCUT2D eigenvalue weighted by molar-refractivity contribution is 7.80. The fourth-order valence-electron chi connectivity index (χ4n) is 3.34. The Kier molecular flexibility index (Phi) is 8.87. The Labute approximate surface area is 219 Å². The van der Waals surface area contributed by atoms with Crippen LogP contribution >= 0.6 is 12.2 Å². The van der Waals surface area contributed by atoms with Crippen molar-refractivity contribution in [2.75, 3.05) is 19.8 Å². The van der Waals surface area contributed by atoms with Crippen LogP contribution < -0.4 is 30.4 Å². The van der Waals surface area contributed by atoms with Gasteiger partial charge in [0.1, 0.15) is 30.5 Å². The van der Waals surface area contributed by atoms with Gasteiger partial charge in [-0.05, 0) is 65.5 Å². The molecule has 4 aromatic rings. The maximum absolute atomic E-state index is 12.5. The minimum atomic E-state index is -0.460. The molecule has 37 heavy (non-hydrogen) atoms. The molecule has 2 amide bonds. The van der Waals surface area contributed by atoms with Crippen LogP contribution in [0.2, 0.25) is 0 Å². The molecule has 0 atom stereocenters. The molecule has 0 aliphatic heterocycles. The van der Waals surface area contributed by atoms with Crippen LogP contribution in [0, 0.1) is 0 Å². The summed E-state index contributed by atoms with van der Waals surface area (Å²) in [7, 11) is 0. The lowest BCUT2D eigenvalue weighted by Crippen LogP contribution is -2.49. The molecule has 0 radical (unpaired) electrons. The Morgan fingerprint density at radius 1 is 0.649 bits per heavy atom.